The minimum absolute atomic E-state index is 0.0865. The quantitative estimate of drug-likeness (QED) is 0.180. The van der Waals surface area contributed by atoms with Crippen LogP contribution in [0.1, 0.15) is 49.9 Å². The van der Waals surface area contributed by atoms with E-state index < -0.39 is 0 Å². The van der Waals surface area contributed by atoms with Gasteiger partial charge in [0.2, 0.25) is 0 Å². The second kappa shape index (κ2) is 10.7. The molecule has 0 fully saturated rings. The van der Waals surface area contributed by atoms with Crippen molar-refractivity contribution < 1.29 is 0 Å². The van der Waals surface area contributed by atoms with E-state index in [0.29, 0.717) is 0 Å². The van der Waals surface area contributed by atoms with Gasteiger partial charge in [0.05, 0.1) is 0 Å². The number of nitrogens with zero attached hydrogens (tertiary/aromatic N) is 1. The van der Waals surface area contributed by atoms with Gasteiger partial charge >= 0.3 is 0 Å². The molecule has 11 rings (SSSR count). The molecule has 0 N–H and O–H groups in total. The van der Waals surface area contributed by atoms with Gasteiger partial charge in [-0.3, -0.25) is 0 Å². The highest BCUT2D eigenvalue weighted by molar-refractivity contribution is 6.02. The summed E-state index contributed by atoms with van der Waals surface area (Å²) < 4.78 is 0. The zero-order valence-electron chi connectivity index (χ0n) is 30.5. The molecule has 0 saturated heterocycles. The largest absolute Gasteiger partial charge is 0.310 e. The fraction of sp³-hybridized carbons (Fsp3) is 0.115. The molecule has 1 nitrogen and oxygen atoms in total. The molecule has 0 amide bonds. The molecule has 0 bridgehead atoms. The lowest BCUT2D eigenvalue weighted by molar-refractivity contribution is 0.662. The molecule has 9 aromatic rings. The second-order valence-electron chi connectivity index (χ2n) is 16.3. The van der Waals surface area contributed by atoms with Gasteiger partial charge in [0.25, 0.3) is 0 Å². The van der Waals surface area contributed by atoms with Gasteiger partial charge in [-0.25, -0.2) is 0 Å². The highest BCUT2D eigenvalue weighted by Crippen LogP contribution is 2.53. The van der Waals surface area contributed by atoms with E-state index in [-0.39, 0.29) is 10.8 Å². The Hall–Kier alpha value is -6.18. The molecule has 9 aromatic carbocycles. The predicted molar refractivity (Wildman–Crippen MR) is 226 cm³/mol. The van der Waals surface area contributed by atoms with Crippen LogP contribution in [0.15, 0.2) is 164 Å². The van der Waals surface area contributed by atoms with E-state index in [9.17, 15) is 0 Å². The van der Waals surface area contributed by atoms with E-state index in [4.69, 9.17) is 0 Å². The van der Waals surface area contributed by atoms with Gasteiger partial charge < -0.3 is 4.90 Å². The fourth-order valence-corrected chi connectivity index (χ4v) is 9.60. The van der Waals surface area contributed by atoms with E-state index in [1.54, 1.807) is 0 Å². The summed E-state index contributed by atoms with van der Waals surface area (Å²) in [5, 5.41) is 10.3. The maximum absolute atomic E-state index is 2.45. The average molecular weight is 678 g/mol. The van der Waals surface area contributed by atoms with Crippen LogP contribution in [-0.4, -0.2) is 0 Å². The lowest BCUT2D eigenvalue weighted by Crippen LogP contribution is -2.15. The van der Waals surface area contributed by atoms with Crippen molar-refractivity contribution in [1.29, 1.82) is 0 Å². The van der Waals surface area contributed by atoms with E-state index in [0.717, 1.165) is 17.1 Å². The third-order valence-corrected chi connectivity index (χ3v) is 12.5. The SMILES string of the molecule is CC1(C)c2cc3ccccc3cc2-c2cc3ccc(N(c4ccccc4)c4ccc5cc6c(cc5c4)C(C)(C)c4cc5ccccc5cc4-6)cc3cc21. The van der Waals surface area contributed by atoms with Crippen molar-refractivity contribution in [3.8, 4) is 22.3 Å². The predicted octanol–water partition coefficient (Wildman–Crippen LogP) is 14.4. The Morgan fingerprint density at radius 1 is 0.283 bits per heavy atom. The van der Waals surface area contributed by atoms with E-state index in [2.05, 4.69) is 196 Å². The lowest BCUT2D eigenvalue weighted by atomic mass is 9.81. The summed E-state index contributed by atoms with van der Waals surface area (Å²) in [5.74, 6) is 0. The Bertz CT molecular complexity index is 2810. The first-order valence-electron chi connectivity index (χ1n) is 18.8. The number of hydrogen-bond acceptors (Lipinski definition) is 1. The Labute approximate surface area is 310 Å². The maximum Gasteiger partial charge on any atom is 0.0468 e. The van der Waals surface area contributed by atoms with Crippen LogP contribution >= 0.6 is 0 Å². The van der Waals surface area contributed by atoms with Crippen LogP contribution in [0.5, 0.6) is 0 Å². The van der Waals surface area contributed by atoms with Crippen molar-refractivity contribution in [2.45, 2.75) is 38.5 Å². The molecule has 0 saturated carbocycles. The van der Waals surface area contributed by atoms with Gasteiger partial charge in [-0.15, -0.1) is 0 Å². The van der Waals surface area contributed by atoms with E-state index in [1.165, 1.54) is 87.6 Å². The molecular weight excluding hydrogens is 639 g/mol. The third kappa shape index (κ3) is 4.37. The molecule has 252 valence electrons. The fourth-order valence-electron chi connectivity index (χ4n) is 9.60. The first kappa shape index (κ1) is 30.4. The minimum Gasteiger partial charge on any atom is -0.310 e. The number of para-hydroxylation sites is 1. The van der Waals surface area contributed by atoms with Crippen molar-refractivity contribution >= 4 is 60.2 Å². The first-order valence-corrected chi connectivity index (χ1v) is 18.8. The third-order valence-electron chi connectivity index (χ3n) is 12.5. The smallest absolute Gasteiger partial charge is 0.0468 e. The summed E-state index contributed by atoms with van der Waals surface area (Å²) in [5.41, 5.74) is 14.3. The highest BCUT2D eigenvalue weighted by Gasteiger charge is 2.37. The molecule has 0 aromatic heterocycles. The van der Waals surface area contributed by atoms with Crippen molar-refractivity contribution in [3.05, 3.63) is 186 Å². The minimum atomic E-state index is -0.0865. The van der Waals surface area contributed by atoms with E-state index >= 15 is 0 Å². The number of rotatable bonds is 3. The lowest BCUT2D eigenvalue weighted by Gasteiger charge is -2.27. The monoisotopic (exact) mass is 677 g/mol. The molecule has 0 atom stereocenters. The summed E-state index contributed by atoms with van der Waals surface area (Å²) in [7, 11) is 0. The molecular formula is C52H39N. The molecule has 1 heteroatoms. The van der Waals surface area contributed by atoms with Crippen molar-refractivity contribution in [1.82, 2.24) is 0 Å². The zero-order chi connectivity index (χ0) is 35.6. The maximum atomic E-state index is 2.45. The number of hydrogen-bond donors (Lipinski definition) is 0. The zero-order valence-corrected chi connectivity index (χ0v) is 30.5. The van der Waals surface area contributed by atoms with Gasteiger partial charge in [-0.2, -0.15) is 0 Å². The topological polar surface area (TPSA) is 3.24 Å². The number of benzene rings is 9. The molecule has 0 aliphatic heterocycles. The molecule has 0 spiro atoms. The summed E-state index contributed by atoms with van der Waals surface area (Å²) in [6.45, 7) is 9.53. The second-order valence-corrected chi connectivity index (χ2v) is 16.3. The normalized spacial score (nSPS) is 14.7. The van der Waals surface area contributed by atoms with Gasteiger partial charge in [0, 0.05) is 27.9 Å². The van der Waals surface area contributed by atoms with Crippen LogP contribution in [-0.2, 0) is 10.8 Å². The van der Waals surface area contributed by atoms with Crippen LogP contribution in [0.3, 0.4) is 0 Å². The highest BCUT2D eigenvalue weighted by atomic mass is 15.1. The van der Waals surface area contributed by atoms with Crippen molar-refractivity contribution in [2.75, 3.05) is 4.90 Å². The van der Waals surface area contributed by atoms with Crippen LogP contribution in [0, 0.1) is 0 Å². The number of anilines is 3. The number of fused-ring (bicyclic) bond motifs is 10. The Balaban J connectivity index is 1.05. The van der Waals surface area contributed by atoms with E-state index in [1.807, 2.05) is 0 Å². The van der Waals surface area contributed by atoms with Gasteiger partial charge in [-0.05, 0) is 173 Å². The van der Waals surface area contributed by atoms with Gasteiger partial charge in [0.15, 0.2) is 0 Å². The summed E-state index contributed by atoms with van der Waals surface area (Å²) in [6.07, 6.45) is 0. The average Bonchev–Trinajstić information content (AvgIpc) is 3.52. The molecule has 0 radical (unpaired) electrons. The van der Waals surface area contributed by atoms with Crippen LogP contribution in [0.25, 0.3) is 65.3 Å². The van der Waals surface area contributed by atoms with Crippen molar-refractivity contribution in [3.63, 3.8) is 0 Å². The Morgan fingerprint density at radius 3 is 1.00 bits per heavy atom. The molecule has 2 aliphatic carbocycles. The van der Waals surface area contributed by atoms with Crippen LogP contribution in [0.4, 0.5) is 17.1 Å². The molecule has 2 aliphatic rings. The van der Waals surface area contributed by atoms with Gasteiger partial charge in [0.1, 0.15) is 0 Å². The summed E-state index contributed by atoms with van der Waals surface area (Å²) >= 11 is 0. The van der Waals surface area contributed by atoms with Crippen LogP contribution < -0.4 is 4.90 Å². The first-order chi connectivity index (χ1) is 25.7. The molecule has 0 unspecified atom stereocenters. The van der Waals surface area contributed by atoms with Crippen molar-refractivity contribution in [2.24, 2.45) is 0 Å². The van der Waals surface area contributed by atoms with Gasteiger partial charge in [-0.1, -0.05) is 107 Å². The molecule has 53 heavy (non-hydrogen) atoms. The Morgan fingerprint density at radius 2 is 0.604 bits per heavy atom. The Kier molecular flexibility index (Phi) is 6.14. The molecule has 0 heterocycles. The summed E-state index contributed by atoms with van der Waals surface area (Å²) in [4.78, 5) is 2.42. The van der Waals surface area contributed by atoms with Crippen LogP contribution in [0.2, 0.25) is 0 Å². The standard InChI is InChI=1S/C52H39N/c1-51(2)47-28-34-14-10-8-12-32(34)24-43(47)45-26-36-18-20-41(22-38(36)30-49(45)51)53(40-16-6-5-7-17-40)42-21-19-37-27-46-44-25-33-13-9-11-15-35(33)29-48(44)52(3,4)50(46)31-39(37)23-42/h5-31H,1-4H3. The summed E-state index contributed by atoms with van der Waals surface area (Å²) in [6, 6.07) is 61.6.